The molecule has 0 spiro atoms. The Kier molecular flexibility index (Phi) is 3.21. The maximum atomic E-state index is 12.6. The molecule has 0 aliphatic carbocycles. The number of amides is 2. The zero-order valence-electron chi connectivity index (χ0n) is 10.5. The molecule has 1 atom stereocenters. The van der Waals surface area contributed by atoms with Crippen molar-refractivity contribution in [2.45, 2.75) is 25.8 Å². The molecule has 0 radical (unpaired) electrons. The number of aromatic nitrogens is 2. The Morgan fingerprint density at radius 1 is 1.45 bits per heavy atom. The smallest absolute Gasteiger partial charge is 0.264 e. The molecule has 3 rings (SSSR count). The number of hydrogen-bond donors (Lipinski definition) is 1. The third kappa shape index (κ3) is 1.99. The first kappa shape index (κ1) is 13.4. The third-order valence-electron chi connectivity index (χ3n) is 3.29. The molecule has 1 saturated heterocycles. The highest BCUT2D eigenvalue weighted by Crippen LogP contribution is 2.27. The highest BCUT2D eigenvalue weighted by Gasteiger charge is 2.30. The summed E-state index contributed by atoms with van der Waals surface area (Å²) >= 11 is 4.70. The van der Waals surface area contributed by atoms with Crippen LogP contribution in [0.2, 0.25) is 0 Å². The van der Waals surface area contributed by atoms with Crippen LogP contribution in [0.15, 0.2) is 14.6 Å². The monoisotopic (exact) mass is 355 g/mol. The van der Waals surface area contributed by atoms with Crippen molar-refractivity contribution in [1.82, 2.24) is 14.9 Å². The molecule has 1 aliphatic heterocycles. The van der Waals surface area contributed by atoms with Gasteiger partial charge < -0.3 is 0 Å². The Morgan fingerprint density at radius 2 is 2.20 bits per heavy atom. The number of halogens is 1. The number of rotatable bonds is 1. The van der Waals surface area contributed by atoms with Crippen molar-refractivity contribution in [1.29, 1.82) is 0 Å². The summed E-state index contributed by atoms with van der Waals surface area (Å²) in [6.07, 6.45) is 0.547. The first-order valence-electron chi connectivity index (χ1n) is 5.98. The number of imide groups is 1. The van der Waals surface area contributed by atoms with E-state index < -0.39 is 11.9 Å². The van der Waals surface area contributed by atoms with E-state index in [1.807, 2.05) is 0 Å². The van der Waals surface area contributed by atoms with Gasteiger partial charge in [-0.25, -0.2) is 4.98 Å². The van der Waals surface area contributed by atoms with E-state index in [9.17, 15) is 14.4 Å². The summed E-state index contributed by atoms with van der Waals surface area (Å²) in [5.74, 6) is -0.270. The lowest BCUT2D eigenvalue weighted by Gasteiger charge is -2.24. The summed E-state index contributed by atoms with van der Waals surface area (Å²) in [5.41, 5.74) is -0.255. The molecular formula is C12H10BrN3O3S. The van der Waals surface area contributed by atoms with E-state index in [0.717, 1.165) is 0 Å². The van der Waals surface area contributed by atoms with Gasteiger partial charge in [-0.3, -0.25) is 24.3 Å². The van der Waals surface area contributed by atoms with E-state index in [1.165, 1.54) is 15.9 Å². The normalized spacial score (nSPS) is 19.4. The van der Waals surface area contributed by atoms with Crippen LogP contribution in [0, 0.1) is 6.92 Å². The van der Waals surface area contributed by atoms with Crippen molar-refractivity contribution in [2.75, 3.05) is 0 Å². The number of carbonyl (C=O) groups is 2. The van der Waals surface area contributed by atoms with Crippen LogP contribution < -0.4 is 10.9 Å². The summed E-state index contributed by atoms with van der Waals surface area (Å²) in [6, 6.07) is -0.677. The molecule has 0 aromatic carbocycles. The van der Waals surface area contributed by atoms with Gasteiger partial charge >= 0.3 is 0 Å². The highest BCUT2D eigenvalue weighted by molar-refractivity contribution is 9.10. The molecule has 0 saturated carbocycles. The van der Waals surface area contributed by atoms with Gasteiger partial charge in [-0.05, 0) is 29.3 Å². The molecule has 104 valence electrons. The predicted molar refractivity (Wildman–Crippen MR) is 77.7 cm³/mol. The molecule has 3 heterocycles. The topological polar surface area (TPSA) is 81.1 Å². The minimum atomic E-state index is -0.677. The number of nitrogens with one attached hydrogen (secondary N) is 1. The van der Waals surface area contributed by atoms with Gasteiger partial charge in [-0.2, -0.15) is 0 Å². The quantitative estimate of drug-likeness (QED) is 0.786. The first-order chi connectivity index (χ1) is 9.49. The van der Waals surface area contributed by atoms with Crippen molar-refractivity contribution in [3.05, 3.63) is 26.0 Å². The molecule has 1 unspecified atom stereocenters. The van der Waals surface area contributed by atoms with Crippen LogP contribution in [0.5, 0.6) is 0 Å². The zero-order valence-corrected chi connectivity index (χ0v) is 12.9. The van der Waals surface area contributed by atoms with E-state index in [1.54, 1.807) is 12.3 Å². The summed E-state index contributed by atoms with van der Waals surface area (Å²) < 4.78 is 2.05. The lowest BCUT2D eigenvalue weighted by Crippen LogP contribution is -2.45. The molecule has 2 amide bonds. The van der Waals surface area contributed by atoms with Gasteiger partial charge in [0.25, 0.3) is 5.56 Å². The number of hydrogen-bond acceptors (Lipinski definition) is 5. The largest absolute Gasteiger partial charge is 0.295 e. The first-order valence-corrected chi connectivity index (χ1v) is 7.66. The van der Waals surface area contributed by atoms with Crippen molar-refractivity contribution in [3.63, 3.8) is 0 Å². The molecule has 20 heavy (non-hydrogen) atoms. The SMILES string of the molecule is Cc1nc2scc(Br)c2c(=O)n1C1CCC(=O)NC1=O. The van der Waals surface area contributed by atoms with E-state index in [0.29, 0.717) is 26.9 Å². The Hall–Kier alpha value is -1.54. The third-order valence-corrected chi connectivity index (χ3v) is 5.09. The number of nitrogens with zero attached hydrogens (tertiary/aromatic N) is 2. The minimum Gasteiger partial charge on any atom is -0.295 e. The molecule has 6 nitrogen and oxygen atoms in total. The molecule has 2 aromatic heterocycles. The average molecular weight is 356 g/mol. The Bertz CT molecular complexity index is 795. The molecule has 2 aromatic rings. The van der Waals surface area contributed by atoms with Crippen molar-refractivity contribution in [2.24, 2.45) is 0 Å². The van der Waals surface area contributed by atoms with Crippen LogP contribution in [-0.2, 0) is 9.59 Å². The van der Waals surface area contributed by atoms with Gasteiger partial charge in [-0.1, -0.05) is 0 Å². The summed E-state index contributed by atoms with van der Waals surface area (Å²) in [4.78, 5) is 40.8. The molecule has 1 aliphatic rings. The van der Waals surface area contributed by atoms with Crippen LogP contribution in [0.1, 0.15) is 24.7 Å². The van der Waals surface area contributed by atoms with E-state index in [-0.39, 0.29) is 17.9 Å². The van der Waals surface area contributed by atoms with Crippen molar-refractivity contribution >= 4 is 49.3 Å². The van der Waals surface area contributed by atoms with Crippen LogP contribution in [0.3, 0.4) is 0 Å². The number of fused-ring (bicyclic) bond motifs is 1. The second-order valence-corrected chi connectivity index (χ2v) is 6.28. The summed E-state index contributed by atoms with van der Waals surface area (Å²) in [6.45, 7) is 1.69. The van der Waals surface area contributed by atoms with Crippen LogP contribution in [0.25, 0.3) is 10.2 Å². The summed E-state index contributed by atoms with van der Waals surface area (Å²) in [5, 5.41) is 4.54. The molecular weight excluding hydrogens is 346 g/mol. The Balaban J connectivity index is 2.21. The van der Waals surface area contributed by atoms with Crippen LogP contribution >= 0.6 is 27.3 Å². The second-order valence-electron chi connectivity index (χ2n) is 4.56. The molecule has 1 fully saturated rings. The van der Waals surface area contributed by atoms with Gasteiger partial charge in [-0.15, -0.1) is 11.3 Å². The molecule has 0 bridgehead atoms. The second kappa shape index (κ2) is 4.78. The highest BCUT2D eigenvalue weighted by atomic mass is 79.9. The fourth-order valence-corrected chi connectivity index (χ4v) is 3.97. The summed E-state index contributed by atoms with van der Waals surface area (Å²) in [7, 11) is 0. The van der Waals surface area contributed by atoms with Crippen molar-refractivity contribution in [3.8, 4) is 0 Å². The van der Waals surface area contributed by atoms with Crippen LogP contribution in [0.4, 0.5) is 0 Å². The van der Waals surface area contributed by atoms with Crippen LogP contribution in [-0.4, -0.2) is 21.4 Å². The lowest BCUT2D eigenvalue weighted by molar-refractivity contribution is -0.135. The number of aryl methyl sites for hydroxylation is 1. The van der Waals surface area contributed by atoms with E-state index >= 15 is 0 Å². The fraction of sp³-hybridized carbons (Fsp3) is 0.333. The number of piperidine rings is 1. The maximum Gasteiger partial charge on any atom is 0.264 e. The van der Waals surface area contributed by atoms with Gasteiger partial charge in [0.15, 0.2) is 0 Å². The fourth-order valence-electron chi connectivity index (χ4n) is 2.37. The number of carbonyl (C=O) groups excluding carboxylic acids is 2. The Morgan fingerprint density at radius 3 is 2.90 bits per heavy atom. The van der Waals surface area contributed by atoms with Gasteiger partial charge in [0, 0.05) is 16.3 Å². The van der Waals surface area contributed by atoms with E-state index in [2.05, 4.69) is 26.2 Å². The molecule has 8 heteroatoms. The Labute approximate surface area is 125 Å². The molecule has 1 N–H and O–H groups in total. The standard InChI is InChI=1S/C12H10BrN3O3S/c1-5-14-11-9(6(13)4-20-11)12(19)16(5)7-2-3-8(17)15-10(7)18/h4,7H,2-3H2,1H3,(H,15,17,18). The maximum absolute atomic E-state index is 12.6. The average Bonchev–Trinajstić information content (AvgIpc) is 2.73. The van der Waals surface area contributed by atoms with Crippen molar-refractivity contribution < 1.29 is 9.59 Å². The minimum absolute atomic E-state index is 0.227. The van der Waals surface area contributed by atoms with Gasteiger partial charge in [0.05, 0.1) is 5.39 Å². The van der Waals surface area contributed by atoms with Gasteiger partial charge in [0.2, 0.25) is 11.8 Å². The van der Waals surface area contributed by atoms with E-state index in [4.69, 9.17) is 0 Å². The zero-order chi connectivity index (χ0) is 14.4. The number of thiophene rings is 1. The predicted octanol–water partition coefficient (Wildman–Crippen LogP) is 1.51. The van der Waals surface area contributed by atoms with Gasteiger partial charge in [0.1, 0.15) is 16.7 Å². The lowest BCUT2D eigenvalue weighted by atomic mass is 10.1.